The lowest BCUT2D eigenvalue weighted by Crippen LogP contribution is -1.86. The van der Waals surface area contributed by atoms with E-state index in [1.54, 1.807) is 0 Å². The minimum Gasteiger partial charge on any atom is -0.0622 e. The van der Waals surface area contributed by atoms with Crippen LogP contribution in [0.15, 0.2) is 91.0 Å². The zero-order valence-corrected chi connectivity index (χ0v) is 12.2. The number of benzene rings is 4. The Kier molecular flexibility index (Phi) is 3.21. The lowest BCUT2D eigenvalue weighted by molar-refractivity contribution is 1.60. The van der Waals surface area contributed by atoms with Crippen molar-refractivity contribution in [3.8, 4) is 22.3 Å². The molecule has 4 rings (SSSR count). The minimum atomic E-state index is 1.16. The molecule has 0 heteroatoms. The van der Waals surface area contributed by atoms with Crippen LogP contribution < -0.4 is 0 Å². The van der Waals surface area contributed by atoms with Crippen LogP contribution in [0.3, 0.4) is 0 Å². The summed E-state index contributed by atoms with van der Waals surface area (Å²) in [6.07, 6.45) is 0. The Hall–Kier alpha value is -2.86. The average molecular weight is 279 g/mol. The van der Waals surface area contributed by atoms with E-state index in [-0.39, 0.29) is 0 Å². The first kappa shape index (κ1) is 12.8. The first-order valence-electron chi connectivity index (χ1n) is 7.48. The lowest BCUT2D eigenvalue weighted by atomic mass is 9.91. The summed E-state index contributed by atoms with van der Waals surface area (Å²) in [6.45, 7) is 0. The fourth-order valence-electron chi connectivity index (χ4n) is 2.97. The highest BCUT2D eigenvalue weighted by Gasteiger charge is 2.09. The van der Waals surface area contributed by atoms with E-state index in [0.29, 0.717) is 0 Å². The van der Waals surface area contributed by atoms with E-state index >= 15 is 0 Å². The molecule has 0 aliphatic heterocycles. The van der Waals surface area contributed by atoms with Crippen molar-refractivity contribution >= 4 is 10.8 Å². The van der Waals surface area contributed by atoms with Gasteiger partial charge in [0, 0.05) is 0 Å². The van der Waals surface area contributed by atoms with Crippen molar-refractivity contribution < 1.29 is 0 Å². The van der Waals surface area contributed by atoms with Crippen LogP contribution in [0.25, 0.3) is 33.0 Å². The van der Waals surface area contributed by atoms with Crippen LogP contribution in [0.5, 0.6) is 0 Å². The molecule has 0 N–H and O–H groups in total. The van der Waals surface area contributed by atoms with Gasteiger partial charge in [0.25, 0.3) is 0 Å². The molecule has 0 bridgehead atoms. The lowest BCUT2D eigenvalue weighted by Gasteiger charge is -2.12. The molecule has 0 spiro atoms. The van der Waals surface area contributed by atoms with Gasteiger partial charge in [0.15, 0.2) is 0 Å². The fourth-order valence-corrected chi connectivity index (χ4v) is 2.97. The zero-order chi connectivity index (χ0) is 14.8. The number of hydrogen-bond acceptors (Lipinski definition) is 0. The highest BCUT2D eigenvalue weighted by Crippen LogP contribution is 2.35. The predicted octanol–water partition coefficient (Wildman–Crippen LogP) is 5.97. The van der Waals surface area contributed by atoms with Gasteiger partial charge < -0.3 is 0 Å². The summed E-state index contributed by atoms with van der Waals surface area (Å²) in [5.41, 5.74) is 5.03. The molecule has 4 aromatic carbocycles. The van der Waals surface area contributed by atoms with Crippen molar-refractivity contribution in [2.75, 3.05) is 0 Å². The molecule has 0 aromatic heterocycles. The van der Waals surface area contributed by atoms with Crippen LogP contribution in [0.1, 0.15) is 0 Å². The molecule has 0 amide bonds. The Morgan fingerprint density at radius 2 is 1.18 bits per heavy atom. The quantitative estimate of drug-likeness (QED) is 0.424. The fraction of sp³-hybridized carbons (Fsp3) is 0. The maximum atomic E-state index is 3.32. The highest BCUT2D eigenvalue weighted by molar-refractivity contribution is 6.00. The molecular weight excluding hydrogens is 264 g/mol. The normalized spacial score (nSPS) is 10.7. The topological polar surface area (TPSA) is 0 Å². The van der Waals surface area contributed by atoms with Gasteiger partial charge in [-0.15, -0.1) is 0 Å². The third-order valence-corrected chi connectivity index (χ3v) is 4.01. The highest BCUT2D eigenvalue weighted by atomic mass is 14.1. The molecule has 103 valence electrons. The standard InChI is InChI=1S/C22H15/c1-2-9-17(10-3-1)19-14-6-7-15-21(19)22-16-8-12-18-11-4-5-13-20(18)22/h1-11,13-16H. The van der Waals surface area contributed by atoms with Gasteiger partial charge in [-0.3, -0.25) is 0 Å². The maximum Gasteiger partial charge on any atom is -0.00987 e. The number of fused-ring (bicyclic) bond motifs is 1. The Morgan fingerprint density at radius 3 is 2.05 bits per heavy atom. The van der Waals surface area contributed by atoms with E-state index in [1.807, 2.05) is 6.07 Å². The van der Waals surface area contributed by atoms with Gasteiger partial charge in [0.1, 0.15) is 0 Å². The summed E-state index contributed by atoms with van der Waals surface area (Å²) in [5, 5.41) is 2.40. The van der Waals surface area contributed by atoms with E-state index in [4.69, 9.17) is 0 Å². The molecule has 0 heterocycles. The maximum absolute atomic E-state index is 3.32. The van der Waals surface area contributed by atoms with E-state index in [2.05, 4.69) is 91.0 Å². The third-order valence-electron chi connectivity index (χ3n) is 4.01. The van der Waals surface area contributed by atoms with Crippen molar-refractivity contribution in [1.29, 1.82) is 0 Å². The van der Waals surface area contributed by atoms with Gasteiger partial charge in [-0.1, -0.05) is 91.0 Å². The van der Waals surface area contributed by atoms with Crippen LogP contribution in [-0.2, 0) is 0 Å². The predicted molar refractivity (Wildman–Crippen MR) is 93.7 cm³/mol. The molecule has 0 aliphatic carbocycles. The monoisotopic (exact) mass is 279 g/mol. The van der Waals surface area contributed by atoms with Crippen molar-refractivity contribution in [3.05, 3.63) is 97.1 Å². The summed E-state index contributed by atoms with van der Waals surface area (Å²) < 4.78 is 0. The summed E-state index contributed by atoms with van der Waals surface area (Å²) in [6, 6.07) is 35.1. The van der Waals surface area contributed by atoms with Crippen LogP contribution in [0, 0.1) is 6.07 Å². The molecule has 1 radical (unpaired) electrons. The van der Waals surface area contributed by atoms with Gasteiger partial charge in [-0.2, -0.15) is 0 Å². The van der Waals surface area contributed by atoms with Crippen molar-refractivity contribution in [1.82, 2.24) is 0 Å². The molecule has 0 nitrogen and oxygen atoms in total. The van der Waals surface area contributed by atoms with Gasteiger partial charge in [0.2, 0.25) is 0 Å². The second-order valence-corrected chi connectivity index (χ2v) is 5.35. The second-order valence-electron chi connectivity index (χ2n) is 5.35. The summed E-state index contributed by atoms with van der Waals surface area (Å²) in [7, 11) is 0. The van der Waals surface area contributed by atoms with Crippen LogP contribution in [0.2, 0.25) is 0 Å². The molecule has 4 aromatic rings. The Labute approximate surface area is 130 Å². The Morgan fingerprint density at radius 1 is 0.500 bits per heavy atom. The first-order valence-corrected chi connectivity index (χ1v) is 7.48. The Balaban J connectivity index is 2.01. The number of rotatable bonds is 2. The molecule has 0 saturated heterocycles. The average Bonchev–Trinajstić information content (AvgIpc) is 2.62. The van der Waals surface area contributed by atoms with Crippen molar-refractivity contribution in [2.45, 2.75) is 0 Å². The van der Waals surface area contributed by atoms with Gasteiger partial charge in [-0.05, 0) is 39.1 Å². The van der Waals surface area contributed by atoms with Crippen LogP contribution >= 0.6 is 0 Å². The SMILES string of the molecule is [c]1ccc(-c2ccccc2-c2ccccc2)c2ccccc12. The summed E-state index contributed by atoms with van der Waals surface area (Å²) in [4.78, 5) is 0. The number of hydrogen-bond donors (Lipinski definition) is 0. The van der Waals surface area contributed by atoms with E-state index < -0.39 is 0 Å². The van der Waals surface area contributed by atoms with Gasteiger partial charge in [-0.25, -0.2) is 0 Å². The first-order chi connectivity index (χ1) is 10.9. The van der Waals surface area contributed by atoms with Gasteiger partial charge >= 0.3 is 0 Å². The molecule has 0 unspecified atom stereocenters. The molecule has 0 fully saturated rings. The Bertz CT molecular complexity index is 915. The molecule has 0 aliphatic rings. The third kappa shape index (κ3) is 2.19. The molecule has 0 atom stereocenters. The molecule has 22 heavy (non-hydrogen) atoms. The van der Waals surface area contributed by atoms with E-state index in [1.165, 1.54) is 27.6 Å². The van der Waals surface area contributed by atoms with Crippen molar-refractivity contribution in [2.24, 2.45) is 0 Å². The van der Waals surface area contributed by atoms with Gasteiger partial charge in [0.05, 0.1) is 0 Å². The van der Waals surface area contributed by atoms with Crippen molar-refractivity contribution in [3.63, 3.8) is 0 Å². The van der Waals surface area contributed by atoms with E-state index in [0.717, 1.165) is 5.39 Å². The largest absolute Gasteiger partial charge is 0.0622 e. The molecule has 0 saturated carbocycles. The minimum absolute atomic E-state index is 1.16. The summed E-state index contributed by atoms with van der Waals surface area (Å²) >= 11 is 0. The summed E-state index contributed by atoms with van der Waals surface area (Å²) in [5.74, 6) is 0. The smallest absolute Gasteiger partial charge is 0.00987 e. The van der Waals surface area contributed by atoms with Crippen LogP contribution in [-0.4, -0.2) is 0 Å². The second kappa shape index (κ2) is 5.50. The molecular formula is C22H15. The zero-order valence-electron chi connectivity index (χ0n) is 12.2. The van der Waals surface area contributed by atoms with Crippen LogP contribution in [0.4, 0.5) is 0 Å². The van der Waals surface area contributed by atoms with E-state index in [9.17, 15) is 0 Å².